The molecule has 20 heavy (non-hydrogen) atoms. The lowest BCUT2D eigenvalue weighted by atomic mass is 9.99. The molecule has 0 aromatic rings. The van der Waals surface area contributed by atoms with Crippen LogP contribution in [-0.2, 0) is 0 Å². The normalized spacial score (nSPS) is 34.8. The van der Waals surface area contributed by atoms with Gasteiger partial charge in [-0.3, -0.25) is 5.32 Å². The predicted molar refractivity (Wildman–Crippen MR) is 82.6 cm³/mol. The van der Waals surface area contributed by atoms with Crippen LogP contribution in [0.1, 0.15) is 45.4 Å². The fourth-order valence-electron chi connectivity index (χ4n) is 3.75. The minimum Gasteiger partial charge on any atom is -0.302 e. The van der Waals surface area contributed by atoms with Gasteiger partial charge in [-0.2, -0.15) is 5.26 Å². The minimum atomic E-state index is -0.267. The van der Waals surface area contributed by atoms with E-state index in [-0.39, 0.29) is 5.54 Å². The van der Waals surface area contributed by atoms with Crippen LogP contribution >= 0.6 is 0 Å². The van der Waals surface area contributed by atoms with E-state index in [4.69, 9.17) is 0 Å². The monoisotopic (exact) mass is 278 g/mol. The molecule has 1 aliphatic heterocycles. The molecule has 1 N–H and O–H groups in total. The van der Waals surface area contributed by atoms with E-state index in [1.807, 2.05) is 0 Å². The maximum Gasteiger partial charge on any atom is 0.108 e. The van der Waals surface area contributed by atoms with Crippen molar-refractivity contribution < 1.29 is 0 Å². The highest BCUT2D eigenvalue weighted by Crippen LogP contribution is 2.33. The van der Waals surface area contributed by atoms with Crippen LogP contribution in [0.4, 0.5) is 0 Å². The summed E-state index contributed by atoms with van der Waals surface area (Å²) in [7, 11) is 4.48. The molecular weight excluding hydrogens is 248 g/mol. The Kier molecular flexibility index (Phi) is 5.42. The van der Waals surface area contributed by atoms with Crippen LogP contribution in [-0.4, -0.2) is 61.2 Å². The van der Waals surface area contributed by atoms with Crippen molar-refractivity contribution in [3.8, 4) is 6.07 Å². The molecule has 0 spiro atoms. The summed E-state index contributed by atoms with van der Waals surface area (Å²) >= 11 is 0. The Morgan fingerprint density at radius 3 is 2.85 bits per heavy atom. The Morgan fingerprint density at radius 2 is 2.25 bits per heavy atom. The lowest BCUT2D eigenvalue weighted by Crippen LogP contribution is -2.45. The smallest absolute Gasteiger partial charge is 0.108 e. The minimum absolute atomic E-state index is 0.267. The van der Waals surface area contributed by atoms with Crippen LogP contribution in [0.2, 0.25) is 0 Å². The third-order valence-corrected chi connectivity index (χ3v) is 5.21. The van der Waals surface area contributed by atoms with E-state index >= 15 is 0 Å². The number of nitrogens with one attached hydrogen (secondary N) is 1. The lowest BCUT2D eigenvalue weighted by molar-refractivity contribution is 0.174. The van der Waals surface area contributed by atoms with Crippen molar-refractivity contribution in [2.45, 2.75) is 63.1 Å². The Bertz CT molecular complexity index is 351. The predicted octanol–water partition coefficient (Wildman–Crippen LogP) is 1.83. The maximum absolute atomic E-state index is 9.53. The molecule has 1 saturated heterocycles. The van der Waals surface area contributed by atoms with Crippen molar-refractivity contribution in [1.82, 2.24) is 15.1 Å². The van der Waals surface area contributed by atoms with Crippen molar-refractivity contribution in [3.05, 3.63) is 0 Å². The summed E-state index contributed by atoms with van der Waals surface area (Å²) in [6.07, 6.45) is 6.88. The van der Waals surface area contributed by atoms with Crippen molar-refractivity contribution in [3.63, 3.8) is 0 Å². The third-order valence-electron chi connectivity index (χ3n) is 5.21. The van der Waals surface area contributed by atoms with Crippen LogP contribution in [0.3, 0.4) is 0 Å². The second-order valence-electron chi connectivity index (χ2n) is 6.73. The average molecular weight is 278 g/mol. The fourth-order valence-corrected chi connectivity index (χ4v) is 3.75. The summed E-state index contributed by atoms with van der Waals surface area (Å²) in [6.45, 7) is 5.50. The average Bonchev–Trinajstić information content (AvgIpc) is 3.05. The van der Waals surface area contributed by atoms with Gasteiger partial charge in [0.1, 0.15) is 5.54 Å². The first-order chi connectivity index (χ1) is 9.60. The first-order valence-electron chi connectivity index (χ1n) is 8.17. The molecule has 0 amide bonds. The van der Waals surface area contributed by atoms with E-state index in [9.17, 15) is 5.26 Å². The zero-order valence-electron chi connectivity index (χ0n) is 13.4. The maximum atomic E-state index is 9.53. The van der Waals surface area contributed by atoms with Crippen molar-refractivity contribution in [2.24, 2.45) is 0 Å². The van der Waals surface area contributed by atoms with Gasteiger partial charge >= 0.3 is 0 Å². The van der Waals surface area contributed by atoms with E-state index in [1.165, 1.54) is 19.4 Å². The Hall–Kier alpha value is -0.630. The summed E-state index contributed by atoms with van der Waals surface area (Å²) in [6, 6.07) is 3.82. The summed E-state index contributed by atoms with van der Waals surface area (Å²) in [5.74, 6) is 0. The van der Waals surface area contributed by atoms with Gasteiger partial charge in [-0.05, 0) is 65.7 Å². The van der Waals surface area contributed by atoms with Crippen molar-refractivity contribution in [2.75, 3.05) is 33.7 Å². The van der Waals surface area contributed by atoms with E-state index < -0.39 is 0 Å². The van der Waals surface area contributed by atoms with Crippen LogP contribution in [0.25, 0.3) is 0 Å². The summed E-state index contributed by atoms with van der Waals surface area (Å²) < 4.78 is 0. The molecule has 1 aliphatic carbocycles. The first-order valence-corrected chi connectivity index (χ1v) is 8.17. The van der Waals surface area contributed by atoms with E-state index in [1.54, 1.807) is 0 Å². The standard InChI is InChI=1S/C16H30N4/c1-4-9-18-16(13-17)8-7-14(11-16)20(3)12-15-6-5-10-19(15)2/h14-15,18H,4-12H2,1-3H3. The molecule has 114 valence electrons. The summed E-state index contributed by atoms with van der Waals surface area (Å²) in [5, 5.41) is 13.0. The topological polar surface area (TPSA) is 42.3 Å². The van der Waals surface area contributed by atoms with E-state index in [2.05, 4.69) is 42.2 Å². The molecule has 3 atom stereocenters. The molecule has 1 heterocycles. The fraction of sp³-hybridized carbons (Fsp3) is 0.938. The van der Waals surface area contributed by atoms with Gasteiger partial charge in [-0.1, -0.05) is 6.92 Å². The molecule has 2 fully saturated rings. The zero-order valence-corrected chi connectivity index (χ0v) is 13.4. The Morgan fingerprint density at radius 1 is 1.45 bits per heavy atom. The van der Waals surface area contributed by atoms with Crippen LogP contribution in [0.5, 0.6) is 0 Å². The Balaban J connectivity index is 1.86. The number of likely N-dealkylation sites (N-methyl/N-ethyl adjacent to an activating group) is 2. The third kappa shape index (κ3) is 3.52. The highest BCUT2D eigenvalue weighted by Gasteiger charge is 2.40. The SMILES string of the molecule is CCCNC1(C#N)CCC(N(C)CC2CCCN2C)C1. The number of hydrogen-bond donors (Lipinski definition) is 1. The van der Waals surface area contributed by atoms with Gasteiger partial charge in [0.05, 0.1) is 6.07 Å². The summed E-state index contributed by atoms with van der Waals surface area (Å²) in [5.41, 5.74) is -0.267. The van der Waals surface area contributed by atoms with Gasteiger partial charge in [0.15, 0.2) is 0 Å². The van der Waals surface area contributed by atoms with E-state index in [0.29, 0.717) is 12.1 Å². The van der Waals surface area contributed by atoms with Crippen LogP contribution < -0.4 is 5.32 Å². The molecule has 2 aliphatic rings. The van der Waals surface area contributed by atoms with Gasteiger partial charge in [0.2, 0.25) is 0 Å². The Labute approximate surface area is 124 Å². The second-order valence-corrected chi connectivity index (χ2v) is 6.73. The van der Waals surface area contributed by atoms with Gasteiger partial charge in [-0.25, -0.2) is 0 Å². The zero-order chi connectivity index (χ0) is 14.6. The molecule has 0 aromatic heterocycles. The quantitative estimate of drug-likeness (QED) is 0.805. The molecule has 0 bridgehead atoms. The highest BCUT2D eigenvalue weighted by atomic mass is 15.2. The molecule has 3 unspecified atom stereocenters. The molecule has 1 saturated carbocycles. The first kappa shape index (κ1) is 15.8. The second kappa shape index (κ2) is 6.89. The number of rotatable bonds is 6. The highest BCUT2D eigenvalue weighted by molar-refractivity contribution is 5.13. The molecule has 4 nitrogen and oxygen atoms in total. The molecule has 0 radical (unpaired) electrons. The van der Waals surface area contributed by atoms with E-state index in [0.717, 1.165) is 38.8 Å². The van der Waals surface area contributed by atoms with Gasteiger partial charge < -0.3 is 9.80 Å². The van der Waals surface area contributed by atoms with Gasteiger partial charge in [0.25, 0.3) is 0 Å². The van der Waals surface area contributed by atoms with Gasteiger partial charge in [-0.15, -0.1) is 0 Å². The number of nitrogens with zero attached hydrogens (tertiary/aromatic N) is 3. The van der Waals surface area contributed by atoms with Gasteiger partial charge in [0, 0.05) is 18.6 Å². The molecule has 2 rings (SSSR count). The lowest BCUT2D eigenvalue weighted by Gasteiger charge is -2.31. The number of likely N-dealkylation sites (tertiary alicyclic amines) is 1. The van der Waals surface area contributed by atoms with Crippen LogP contribution in [0.15, 0.2) is 0 Å². The number of nitriles is 1. The summed E-state index contributed by atoms with van der Waals surface area (Å²) in [4.78, 5) is 4.98. The molecule has 4 heteroatoms. The molecular formula is C16H30N4. The van der Waals surface area contributed by atoms with Crippen molar-refractivity contribution in [1.29, 1.82) is 5.26 Å². The largest absolute Gasteiger partial charge is 0.302 e. The van der Waals surface area contributed by atoms with Crippen LogP contribution in [0, 0.1) is 11.3 Å². The van der Waals surface area contributed by atoms with Crippen molar-refractivity contribution >= 4 is 0 Å². The number of hydrogen-bond acceptors (Lipinski definition) is 4. The molecule has 0 aromatic carbocycles.